The maximum Gasteiger partial charge on any atom is 0.238 e. The summed E-state index contributed by atoms with van der Waals surface area (Å²) in [6.07, 6.45) is 10.5. The minimum Gasteiger partial charge on any atom is -0.487 e. The van der Waals surface area contributed by atoms with E-state index in [-0.39, 0.29) is 6.61 Å². The number of ether oxygens (including phenoxy) is 1. The first-order valence-electron chi connectivity index (χ1n) is 24.9. The Morgan fingerprint density at radius 2 is 0.919 bits per heavy atom. The van der Waals surface area contributed by atoms with E-state index in [1.807, 2.05) is 41.2 Å². The smallest absolute Gasteiger partial charge is 0.238 e. The van der Waals surface area contributed by atoms with Gasteiger partial charge in [-0.15, -0.1) is 5.10 Å². The number of pyridine rings is 1. The summed E-state index contributed by atoms with van der Waals surface area (Å²) in [6, 6.07) is 67.6. The number of hydrogen-bond donors (Lipinski definition) is 3. The summed E-state index contributed by atoms with van der Waals surface area (Å²) in [5.41, 5.74) is 20.8. The van der Waals surface area contributed by atoms with Crippen molar-refractivity contribution in [3.8, 4) is 50.3 Å². The van der Waals surface area contributed by atoms with Crippen LogP contribution in [0.15, 0.2) is 200 Å². The highest BCUT2D eigenvalue weighted by molar-refractivity contribution is 6.06. The molecule has 12 aromatic rings. The molecular weight excluding hydrogens is 911 g/mol. The Kier molecular flexibility index (Phi) is 10.5. The molecule has 2 aliphatic rings. The summed E-state index contributed by atoms with van der Waals surface area (Å²) in [7, 11) is 0. The van der Waals surface area contributed by atoms with Gasteiger partial charge >= 0.3 is 0 Å². The van der Waals surface area contributed by atoms with E-state index in [1.165, 1.54) is 21.8 Å². The van der Waals surface area contributed by atoms with Crippen molar-refractivity contribution in [3.05, 3.63) is 229 Å². The second-order valence-electron chi connectivity index (χ2n) is 18.7. The molecule has 0 saturated heterocycles. The van der Waals surface area contributed by atoms with E-state index in [1.54, 1.807) is 0 Å². The molecule has 74 heavy (non-hydrogen) atoms. The molecule has 0 amide bonds. The van der Waals surface area contributed by atoms with Crippen LogP contribution >= 0.6 is 0 Å². The number of aromatic nitrogens is 9. The topological polar surface area (TPSA) is 117 Å². The summed E-state index contributed by atoms with van der Waals surface area (Å²) in [5, 5.41) is 11.4. The Balaban J connectivity index is 0.837. The van der Waals surface area contributed by atoms with E-state index in [9.17, 15) is 0 Å². The lowest BCUT2D eigenvalue weighted by atomic mass is 10.0. The number of benzene rings is 6. The molecule has 0 unspecified atom stereocenters. The third kappa shape index (κ3) is 7.73. The molecule has 0 radical (unpaired) electrons. The van der Waals surface area contributed by atoms with Gasteiger partial charge in [-0.1, -0.05) is 133 Å². The van der Waals surface area contributed by atoms with Crippen molar-refractivity contribution in [2.24, 2.45) is 0 Å². The van der Waals surface area contributed by atoms with E-state index < -0.39 is 0 Å². The van der Waals surface area contributed by atoms with E-state index in [2.05, 4.69) is 218 Å². The van der Waals surface area contributed by atoms with Crippen molar-refractivity contribution in [3.63, 3.8) is 0 Å². The molecule has 8 bridgehead atoms. The predicted octanol–water partition coefficient (Wildman–Crippen LogP) is 14.3. The van der Waals surface area contributed by atoms with Crippen LogP contribution in [0.5, 0.6) is 5.75 Å². The average molecular weight is 957 g/mol. The SMILES string of the molecule is C1=Cc2nc1c(-c1ccccc1)c1ccc([nH]1)c(-c1ccccc1)c1nc(c(-c3ccc(OCc4cn(CC[n+]5c6ccccc6cc6[nH]c7ccccc7c65)nn4)cc3)c3ccc([nH]3)c2-c2ccccc2)C=C1. The molecule has 14 rings (SSSR count). The molecule has 6 aromatic heterocycles. The number of aryl methyl sites for hydroxylation is 2. The van der Waals surface area contributed by atoms with Crippen LogP contribution in [0.4, 0.5) is 0 Å². The molecule has 0 saturated carbocycles. The number of fused-ring (bicyclic) bond motifs is 12. The number of nitrogens with zero attached hydrogens (tertiary/aromatic N) is 6. The fourth-order valence-electron chi connectivity index (χ4n) is 10.7. The van der Waals surface area contributed by atoms with Crippen molar-refractivity contribution >= 4 is 79.2 Å². The van der Waals surface area contributed by atoms with Crippen LogP contribution in [0.2, 0.25) is 0 Å². The lowest BCUT2D eigenvalue weighted by Gasteiger charge is -2.08. The van der Waals surface area contributed by atoms with Gasteiger partial charge in [0.05, 0.1) is 39.9 Å². The van der Waals surface area contributed by atoms with Crippen molar-refractivity contribution in [1.29, 1.82) is 0 Å². The average Bonchev–Trinajstić information content (AvgIpc) is 4.35. The van der Waals surface area contributed by atoms with Crippen molar-refractivity contribution < 1.29 is 9.30 Å². The second kappa shape index (κ2) is 18.0. The monoisotopic (exact) mass is 956 g/mol. The number of aromatic amines is 3. The summed E-state index contributed by atoms with van der Waals surface area (Å²) >= 11 is 0. The van der Waals surface area contributed by atoms with Gasteiger partial charge in [0, 0.05) is 55.8 Å². The van der Waals surface area contributed by atoms with Crippen molar-refractivity contribution in [1.82, 2.24) is 39.9 Å². The van der Waals surface area contributed by atoms with E-state index >= 15 is 0 Å². The normalized spacial score (nSPS) is 12.1. The highest BCUT2D eigenvalue weighted by Gasteiger charge is 2.22. The van der Waals surface area contributed by atoms with Crippen LogP contribution in [-0.2, 0) is 19.7 Å². The molecule has 3 N–H and O–H groups in total. The fraction of sp³-hybridized carbons (Fsp3) is 0.0469. The molecule has 6 aromatic carbocycles. The third-order valence-corrected chi connectivity index (χ3v) is 14.1. The molecule has 8 heterocycles. The first-order chi connectivity index (χ1) is 36.6. The molecular formula is C64H46N9O+. The Morgan fingerprint density at radius 1 is 0.446 bits per heavy atom. The predicted molar refractivity (Wildman–Crippen MR) is 298 cm³/mol. The quantitative estimate of drug-likeness (QED) is 0.118. The van der Waals surface area contributed by atoms with Gasteiger partial charge in [0.15, 0.2) is 6.54 Å². The number of rotatable bonds is 10. The molecule has 10 nitrogen and oxygen atoms in total. The maximum atomic E-state index is 6.39. The highest BCUT2D eigenvalue weighted by atomic mass is 16.5. The zero-order valence-corrected chi connectivity index (χ0v) is 40.1. The lowest BCUT2D eigenvalue weighted by molar-refractivity contribution is -0.646. The zero-order chi connectivity index (χ0) is 49.0. The number of H-pyrrole nitrogens is 3. The first kappa shape index (κ1) is 42.9. The van der Waals surface area contributed by atoms with Crippen molar-refractivity contribution in [2.75, 3.05) is 0 Å². The van der Waals surface area contributed by atoms with Crippen LogP contribution in [-0.4, -0.2) is 39.9 Å². The van der Waals surface area contributed by atoms with Crippen LogP contribution in [0.25, 0.3) is 124 Å². The van der Waals surface area contributed by atoms with E-state index in [0.29, 0.717) is 6.54 Å². The molecule has 0 fully saturated rings. The molecule has 0 spiro atoms. The van der Waals surface area contributed by atoms with Gasteiger partial charge in [-0.25, -0.2) is 14.6 Å². The van der Waals surface area contributed by atoms with Gasteiger partial charge in [0.1, 0.15) is 30.1 Å². The lowest BCUT2D eigenvalue weighted by Crippen LogP contribution is -2.37. The van der Waals surface area contributed by atoms with Gasteiger partial charge in [-0.2, -0.15) is 4.57 Å². The second-order valence-corrected chi connectivity index (χ2v) is 18.7. The maximum absolute atomic E-state index is 6.39. The third-order valence-electron chi connectivity index (χ3n) is 14.1. The van der Waals surface area contributed by atoms with Gasteiger partial charge in [0.2, 0.25) is 11.0 Å². The molecule has 2 aliphatic heterocycles. The molecule has 0 aliphatic carbocycles. The molecule has 352 valence electrons. The Hall–Kier alpha value is -9.93. The number of nitrogens with one attached hydrogen (secondary N) is 3. The summed E-state index contributed by atoms with van der Waals surface area (Å²) in [6.45, 7) is 1.64. The largest absolute Gasteiger partial charge is 0.487 e. The van der Waals surface area contributed by atoms with Gasteiger partial charge in [-0.05, 0) is 107 Å². The summed E-state index contributed by atoms with van der Waals surface area (Å²) < 4.78 is 10.7. The minimum atomic E-state index is 0.274. The minimum absolute atomic E-state index is 0.274. The Labute approximate surface area is 425 Å². The summed E-state index contributed by atoms with van der Waals surface area (Å²) in [4.78, 5) is 22.2. The summed E-state index contributed by atoms with van der Waals surface area (Å²) in [5.74, 6) is 0.722. The molecule has 0 atom stereocenters. The molecule has 10 heteroatoms. The number of hydrogen-bond acceptors (Lipinski definition) is 5. The van der Waals surface area contributed by atoms with E-state index in [4.69, 9.17) is 14.7 Å². The zero-order valence-electron chi connectivity index (χ0n) is 40.1. The Bertz CT molecular complexity index is 4320. The van der Waals surface area contributed by atoms with Gasteiger partial charge < -0.3 is 19.7 Å². The Morgan fingerprint density at radius 3 is 1.47 bits per heavy atom. The highest BCUT2D eigenvalue weighted by Crippen LogP contribution is 2.39. The number of para-hydroxylation sites is 2. The first-order valence-corrected chi connectivity index (χ1v) is 24.9. The van der Waals surface area contributed by atoms with Gasteiger partial charge in [-0.3, -0.25) is 0 Å². The standard InChI is InChI=1S/C64H45N9O/c1-4-14-41(15-5-1)60-50-28-30-52(66-50)61(42-16-6-2-7-17-42)54-32-34-56(68-54)63(57-35-33-55(69-57)62(43-18-8-3-9-19-43)53-31-29-51(60)67-53)44-24-26-47(27-25-44)74-40-46-39-72(71-70-46)36-37-73-59-23-13-10-20-45(59)38-58-64(73)48-21-11-12-22-49(48)65-58/h1-35,38-39H,36-37,40H2,(H2,66,67,68,69,70,71)/p+1. The van der Waals surface area contributed by atoms with Crippen molar-refractivity contribution in [2.45, 2.75) is 19.7 Å². The van der Waals surface area contributed by atoms with Gasteiger partial charge in [0.25, 0.3) is 0 Å². The van der Waals surface area contributed by atoms with Crippen LogP contribution in [0.3, 0.4) is 0 Å². The van der Waals surface area contributed by atoms with Crippen LogP contribution in [0, 0.1) is 0 Å². The van der Waals surface area contributed by atoms with Crippen LogP contribution < -0.4 is 9.30 Å². The van der Waals surface area contributed by atoms with E-state index in [0.717, 1.165) is 118 Å². The van der Waals surface area contributed by atoms with Crippen LogP contribution in [0.1, 0.15) is 28.5 Å². The fourth-order valence-corrected chi connectivity index (χ4v) is 10.7.